The van der Waals surface area contributed by atoms with Crippen LogP contribution in [-0.4, -0.2) is 146 Å². The Balaban J connectivity index is 0.00000128. The van der Waals surface area contributed by atoms with E-state index in [9.17, 15) is 24.0 Å². The molecule has 3 aromatic carbocycles. The first-order valence-corrected chi connectivity index (χ1v) is 43.9. The minimum Gasteiger partial charge on any atom is -0.444 e. The number of amides is 5. The van der Waals surface area contributed by atoms with Gasteiger partial charge in [-0.2, -0.15) is 0 Å². The van der Waals surface area contributed by atoms with Crippen molar-refractivity contribution in [1.29, 1.82) is 0 Å². The Kier molecular flexibility index (Phi) is 56.4. The fraction of sp³-hybridized carbons (Fsp3) is 0.656. The van der Waals surface area contributed by atoms with E-state index in [2.05, 4.69) is 224 Å². The smallest absolute Gasteiger partial charge is 0.410 e. The minimum absolute atomic E-state index is 0.0308. The third-order valence-electron chi connectivity index (χ3n) is 18.8. The Morgan fingerprint density at radius 1 is 0.443 bits per heavy atom. The molecule has 0 spiro atoms. The molecule has 10 N–H and O–H groups in total. The highest BCUT2D eigenvalue weighted by atomic mass is 35.5. The summed E-state index contributed by atoms with van der Waals surface area (Å²) >= 11 is 5.77. The van der Waals surface area contributed by atoms with Gasteiger partial charge in [-0.25, -0.2) is 4.79 Å². The third-order valence-corrected chi connectivity index (χ3v) is 19.1. The molecular formula is C96H167ClN12O6. The van der Waals surface area contributed by atoms with Crippen molar-refractivity contribution in [2.45, 2.75) is 322 Å². The zero-order valence-electron chi connectivity index (χ0n) is 76.9. The van der Waals surface area contributed by atoms with Gasteiger partial charge in [-0.3, -0.25) is 19.2 Å². The lowest BCUT2D eigenvalue weighted by molar-refractivity contribution is -0.127. The molecular weight excluding hydrogens is 1450 g/mol. The molecule has 115 heavy (non-hydrogen) atoms. The summed E-state index contributed by atoms with van der Waals surface area (Å²) in [6.07, 6.45) is 16.5. The molecule has 0 radical (unpaired) electrons. The summed E-state index contributed by atoms with van der Waals surface area (Å²) in [5, 5.41) is 32.2. The molecule has 2 aliphatic carbocycles. The normalized spacial score (nSPS) is 17.4. The molecule has 3 aliphatic heterocycles. The summed E-state index contributed by atoms with van der Waals surface area (Å²) in [5.41, 5.74) is 8.46. The molecule has 8 rings (SSSR count). The second-order valence-corrected chi connectivity index (χ2v) is 36.2. The highest BCUT2D eigenvalue weighted by molar-refractivity contribution is 6.30. The minimum atomic E-state index is -0.496. The molecule has 2 atom stereocenters. The van der Waals surface area contributed by atoms with Crippen molar-refractivity contribution in [3.63, 3.8) is 0 Å². The van der Waals surface area contributed by atoms with Crippen molar-refractivity contribution in [3.8, 4) is 0 Å². The molecule has 2 unspecified atom stereocenters. The van der Waals surface area contributed by atoms with Crippen molar-refractivity contribution in [2.24, 2.45) is 41.4 Å². The molecule has 5 amide bonds. The molecule has 0 bridgehead atoms. The number of ether oxygens (including phenoxy) is 1. The van der Waals surface area contributed by atoms with Gasteiger partial charge in [0.15, 0.2) is 0 Å². The van der Waals surface area contributed by atoms with E-state index in [1.54, 1.807) is 4.90 Å². The highest BCUT2D eigenvalue weighted by Gasteiger charge is 2.32. The van der Waals surface area contributed by atoms with Crippen molar-refractivity contribution in [2.75, 3.05) is 46.3 Å². The number of allylic oxidation sites excluding steroid dienone is 3. The number of likely N-dealkylation sites (tertiary alicyclic amines) is 2. The van der Waals surface area contributed by atoms with Crippen molar-refractivity contribution < 1.29 is 28.7 Å². The van der Waals surface area contributed by atoms with Crippen LogP contribution in [-0.2, 0) is 30.3 Å². The second kappa shape index (κ2) is 60.2. The van der Waals surface area contributed by atoms with Crippen LogP contribution in [0.15, 0.2) is 135 Å². The highest BCUT2D eigenvalue weighted by Crippen LogP contribution is 2.32. The monoisotopic (exact) mass is 1620 g/mol. The van der Waals surface area contributed by atoms with Gasteiger partial charge in [0.25, 0.3) is 0 Å². The lowest BCUT2D eigenvalue weighted by Crippen LogP contribution is -2.48. The number of hydrogen-bond acceptors (Lipinski definition) is 13. The van der Waals surface area contributed by atoms with Gasteiger partial charge in [-0.05, 0) is 283 Å². The maximum atomic E-state index is 12.0. The van der Waals surface area contributed by atoms with Gasteiger partial charge in [0.2, 0.25) is 23.6 Å². The van der Waals surface area contributed by atoms with Crippen LogP contribution in [0.4, 0.5) is 4.79 Å². The van der Waals surface area contributed by atoms with Gasteiger partial charge in [-0.1, -0.05) is 164 Å². The fourth-order valence-electron chi connectivity index (χ4n) is 12.9. The van der Waals surface area contributed by atoms with Gasteiger partial charge < -0.3 is 67.7 Å². The first-order valence-electron chi connectivity index (χ1n) is 43.5. The molecule has 19 heteroatoms. The van der Waals surface area contributed by atoms with Gasteiger partial charge >= 0.3 is 6.09 Å². The predicted molar refractivity (Wildman–Crippen MR) is 492 cm³/mol. The molecule has 5 aliphatic rings. The number of piperidine rings is 3. The van der Waals surface area contributed by atoms with E-state index in [0.717, 1.165) is 135 Å². The standard InChI is InChI=1S/C14H26N2O3.C12H23N.C12H17N.C11H14ClN.C11H15N.C10H20N2O.C9H18N2O.C9H17NO.C8H17N/c1-10(2)15-12(17)11-7-6-8-16(9-11)13(18)19-14(3,4)5;1-9(2)13-11(4)12-7-5-10(3)6-8-12;1-10(2)13-11(3)9-12-7-5-4-6-8-12;1-8(2)13-9(3)10-4-6-11(12)7-5-10;1-9(2)12-10(3)11-7-5-4-6-8-11;1-8(2)11-10(13)9-4-6-12(3)7-5-9;1-7(2)11-9(12)8-4-3-5-10-6-8;1-7(2)10-9(11)8-5-3-4-6-8;1-6(2)8(5)9-7(3)4/h10-11H,6-9H2,1-5H3,(H,15,17);9-10,12-13H,4-8H2,1-3H3;4-8,10,13H,3,9H2,1-2H3;4-8,13H,3H2,1-2H3;4-9,12H,3H2,1-2H3;8-9H,4-7H2,1-3H3,(H,11,13);7-8,10H,3-6H2,1-2H3,(H,11,12);7-8H,3-6H2,1-2H3,(H,10,11);6-7,9H,5H2,1-4H3. The van der Waals surface area contributed by atoms with Gasteiger partial charge in [-0.15, -0.1) is 0 Å². The number of halogens is 1. The summed E-state index contributed by atoms with van der Waals surface area (Å²) in [6.45, 7) is 74.3. The Morgan fingerprint density at radius 2 is 0.835 bits per heavy atom. The third kappa shape index (κ3) is 55.9. The van der Waals surface area contributed by atoms with Crippen LogP contribution >= 0.6 is 11.6 Å². The van der Waals surface area contributed by atoms with Crippen molar-refractivity contribution in [1.82, 2.24) is 63.0 Å². The fourth-order valence-corrected chi connectivity index (χ4v) is 13.0. The molecule has 3 heterocycles. The molecule has 654 valence electrons. The van der Waals surface area contributed by atoms with Gasteiger partial charge in [0, 0.05) is 126 Å². The molecule has 18 nitrogen and oxygen atoms in total. The number of carbonyl (C=O) groups is 5. The first kappa shape index (κ1) is 108. The van der Waals surface area contributed by atoms with Crippen LogP contribution < -0.4 is 53.2 Å². The summed E-state index contributed by atoms with van der Waals surface area (Å²) < 4.78 is 5.34. The number of rotatable bonds is 24. The first-order chi connectivity index (χ1) is 53.8. The zero-order chi connectivity index (χ0) is 87.5. The summed E-state index contributed by atoms with van der Waals surface area (Å²) in [5.74, 6) is 3.59. The maximum absolute atomic E-state index is 12.0. The van der Waals surface area contributed by atoms with Crippen LogP contribution in [0.3, 0.4) is 0 Å². The molecule has 5 fully saturated rings. The van der Waals surface area contributed by atoms with Crippen LogP contribution in [0.2, 0.25) is 5.02 Å². The summed E-state index contributed by atoms with van der Waals surface area (Å²) in [6, 6.07) is 31.5. The molecule has 0 aromatic heterocycles. The number of nitrogens with zero attached hydrogens (tertiary/aromatic N) is 2. The Morgan fingerprint density at radius 3 is 1.23 bits per heavy atom. The van der Waals surface area contributed by atoms with E-state index in [-0.39, 0.29) is 65.6 Å². The quantitative estimate of drug-likeness (QED) is 0.0404. The maximum Gasteiger partial charge on any atom is 0.410 e. The number of hydrogen-bond donors (Lipinski definition) is 10. The van der Waals surface area contributed by atoms with E-state index in [4.69, 9.17) is 16.3 Å². The molecule has 3 saturated heterocycles. The lowest BCUT2D eigenvalue weighted by Gasteiger charge is -2.33. The summed E-state index contributed by atoms with van der Waals surface area (Å²) in [4.78, 5) is 62.3. The van der Waals surface area contributed by atoms with Crippen LogP contribution in [0.1, 0.15) is 273 Å². The molecule has 2 saturated carbocycles. The Bertz CT molecular complexity index is 3130. The topological polar surface area (TPSA) is 221 Å². The number of benzene rings is 3. The van der Waals surface area contributed by atoms with Crippen LogP contribution in [0.5, 0.6) is 0 Å². The lowest BCUT2D eigenvalue weighted by atomic mass is 9.81. The van der Waals surface area contributed by atoms with Crippen molar-refractivity contribution in [3.05, 3.63) is 157 Å². The molecule has 3 aromatic rings. The van der Waals surface area contributed by atoms with E-state index in [1.165, 1.54) is 49.8 Å². The average Bonchev–Trinajstić information content (AvgIpc) is 1.37. The number of carbonyl (C=O) groups excluding carboxylic acids is 5. The van der Waals surface area contributed by atoms with Gasteiger partial charge in [0.1, 0.15) is 5.60 Å². The van der Waals surface area contributed by atoms with E-state index < -0.39 is 5.60 Å². The zero-order valence-corrected chi connectivity index (χ0v) is 77.7. The van der Waals surface area contributed by atoms with E-state index in [0.29, 0.717) is 61.2 Å². The largest absolute Gasteiger partial charge is 0.444 e. The SMILES string of the molecule is C=C(Cc1ccccc1)NC(C)C.C=C(NC(C)C)C(C)C.C=C(NC(C)C)C1CCC(C)CC1.C=C(NC(C)C)c1ccc(Cl)cc1.C=C(NC(C)C)c1ccccc1.CC(C)NC(=O)C1CCCC1.CC(C)NC(=O)C1CCCN(C(=O)OC(C)(C)C)C1.CC(C)NC(=O)C1CCCNC1.CC(C)NC(=O)C1CCN(C)CC1. The van der Waals surface area contributed by atoms with Gasteiger partial charge in [0.05, 0.1) is 11.8 Å². The van der Waals surface area contributed by atoms with E-state index >= 15 is 0 Å². The van der Waals surface area contributed by atoms with Crippen molar-refractivity contribution >= 4 is 52.7 Å². The van der Waals surface area contributed by atoms with Crippen LogP contribution in [0.25, 0.3) is 11.4 Å². The Hall–Kier alpha value is -7.28. The Labute approximate surface area is 707 Å². The summed E-state index contributed by atoms with van der Waals surface area (Å²) in [7, 11) is 2.11. The van der Waals surface area contributed by atoms with E-state index in [1.807, 2.05) is 125 Å². The van der Waals surface area contributed by atoms with Crippen LogP contribution in [0, 0.1) is 41.4 Å². The number of nitrogens with one attached hydrogen (secondary N) is 10. The predicted octanol–water partition coefficient (Wildman–Crippen LogP) is 19.4. The second-order valence-electron chi connectivity index (χ2n) is 35.8. The average molecular weight is 1620 g/mol.